The predicted molar refractivity (Wildman–Crippen MR) is 171 cm³/mol. The van der Waals surface area contributed by atoms with E-state index in [9.17, 15) is 0 Å². The summed E-state index contributed by atoms with van der Waals surface area (Å²) in [7, 11) is 0. The topological polar surface area (TPSA) is 57.4 Å². The molecule has 0 saturated heterocycles. The van der Waals surface area contributed by atoms with E-state index in [0.717, 1.165) is 56.7 Å². The Labute approximate surface area is 239 Å². The Hall–Kier alpha value is -4.18. The normalized spacial score (nSPS) is 16.4. The first-order valence-corrected chi connectivity index (χ1v) is 14.3. The Morgan fingerprint density at radius 3 is 2.62 bits per heavy atom. The lowest BCUT2D eigenvalue weighted by Crippen LogP contribution is -2.21. The molecule has 3 aromatic rings. The monoisotopic (exact) mass is 530 g/mol. The molecule has 0 aliphatic heterocycles. The highest BCUT2D eigenvalue weighted by Gasteiger charge is 2.15. The molecule has 0 spiro atoms. The first kappa shape index (κ1) is 28.8. The first-order valence-electron chi connectivity index (χ1n) is 14.3. The number of aromatic nitrogens is 4. The van der Waals surface area contributed by atoms with Gasteiger partial charge < -0.3 is 4.98 Å². The second-order valence-electron chi connectivity index (χ2n) is 10.6. The van der Waals surface area contributed by atoms with Crippen molar-refractivity contribution in [2.45, 2.75) is 59.3 Å². The van der Waals surface area contributed by atoms with Crippen LogP contribution in [0, 0.1) is 12.8 Å². The maximum atomic E-state index is 4.62. The molecule has 1 saturated carbocycles. The minimum atomic E-state index is 0.786. The number of rotatable bonds is 10. The zero-order valence-electron chi connectivity index (χ0n) is 24.3. The molecule has 0 atom stereocenters. The largest absolute Gasteiger partial charge is 0.357 e. The second kappa shape index (κ2) is 13.7. The SMILES string of the molecule is C=C/C=C(/c1cccnc1)c1cc(-c2n[nH]/c(=C/C=C(C)/C(/C=C(\C=C)CC3CCCCC3)=C/C)c2=C)[nH]c1C. The van der Waals surface area contributed by atoms with Crippen molar-refractivity contribution in [3.05, 3.63) is 124 Å². The van der Waals surface area contributed by atoms with Crippen molar-refractivity contribution in [1.29, 1.82) is 0 Å². The summed E-state index contributed by atoms with van der Waals surface area (Å²) in [6.45, 7) is 18.7. The van der Waals surface area contributed by atoms with Crippen LogP contribution in [0.15, 0.2) is 96.9 Å². The van der Waals surface area contributed by atoms with Crippen molar-refractivity contribution < 1.29 is 0 Å². The van der Waals surface area contributed by atoms with Gasteiger partial charge in [-0.25, -0.2) is 0 Å². The van der Waals surface area contributed by atoms with Crippen LogP contribution >= 0.6 is 0 Å². The van der Waals surface area contributed by atoms with E-state index in [0.29, 0.717) is 0 Å². The van der Waals surface area contributed by atoms with Crippen LogP contribution in [0.2, 0.25) is 0 Å². The third-order valence-electron chi connectivity index (χ3n) is 7.83. The maximum absolute atomic E-state index is 4.62. The molecule has 1 aliphatic carbocycles. The summed E-state index contributed by atoms with van der Waals surface area (Å²) in [6, 6.07) is 6.12. The molecule has 2 N–H and O–H groups in total. The van der Waals surface area contributed by atoms with Gasteiger partial charge in [0.1, 0.15) is 5.69 Å². The highest BCUT2D eigenvalue weighted by Crippen LogP contribution is 2.31. The highest BCUT2D eigenvalue weighted by molar-refractivity contribution is 5.83. The van der Waals surface area contributed by atoms with Gasteiger partial charge in [-0.2, -0.15) is 5.10 Å². The Bertz CT molecular complexity index is 1560. The van der Waals surface area contributed by atoms with Gasteiger partial charge in [0.2, 0.25) is 0 Å². The highest BCUT2D eigenvalue weighted by atomic mass is 15.1. The number of hydrogen-bond donors (Lipinski definition) is 2. The molecule has 3 aromatic heterocycles. The van der Waals surface area contributed by atoms with Crippen LogP contribution in [0.5, 0.6) is 0 Å². The number of aromatic amines is 2. The minimum absolute atomic E-state index is 0.786. The van der Waals surface area contributed by atoms with Gasteiger partial charge in [-0.15, -0.1) is 0 Å². The summed E-state index contributed by atoms with van der Waals surface area (Å²) in [5.74, 6) is 0.786. The Kier molecular flexibility index (Phi) is 9.91. The number of nitrogens with one attached hydrogen (secondary N) is 2. The van der Waals surface area contributed by atoms with Crippen molar-refractivity contribution in [3.8, 4) is 11.4 Å². The smallest absolute Gasteiger partial charge is 0.116 e. The zero-order valence-corrected chi connectivity index (χ0v) is 24.3. The van der Waals surface area contributed by atoms with Gasteiger partial charge in [-0.1, -0.05) is 94.4 Å². The molecule has 1 fully saturated rings. The van der Waals surface area contributed by atoms with Crippen molar-refractivity contribution >= 4 is 18.2 Å². The van der Waals surface area contributed by atoms with Gasteiger partial charge in [0.15, 0.2) is 0 Å². The second-order valence-corrected chi connectivity index (χ2v) is 10.6. The van der Waals surface area contributed by atoms with Crippen LogP contribution in [-0.4, -0.2) is 20.2 Å². The fourth-order valence-electron chi connectivity index (χ4n) is 5.54. The molecule has 3 heterocycles. The lowest BCUT2D eigenvalue weighted by molar-refractivity contribution is 0.358. The van der Waals surface area contributed by atoms with Gasteiger partial charge in [0, 0.05) is 34.4 Å². The first-order chi connectivity index (χ1) is 19.4. The van der Waals surface area contributed by atoms with Gasteiger partial charge in [0.25, 0.3) is 0 Å². The number of H-pyrrole nitrogens is 2. The molecule has 0 bridgehead atoms. The zero-order chi connectivity index (χ0) is 28.5. The van der Waals surface area contributed by atoms with E-state index in [4.69, 9.17) is 0 Å². The van der Waals surface area contributed by atoms with Crippen molar-refractivity contribution in [1.82, 2.24) is 20.2 Å². The average molecular weight is 531 g/mol. The van der Waals surface area contributed by atoms with Crippen LogP contribution in [0.4, 0.5) is 0 Å². The van der Waals surface area contributed by atoms with E-state index in [1.165, 1.54) is 48.8 Å². The summed E-state index contributed by atoms with van der Waals surface area (Å²) in [5, 5.41) is 9.55. The van der Waals surface area contributed by atoms with Crippen LogP contribution < -0.4 is 10.6 Å². The van der Waals surface area contributed by atoms with E-state index < -0.39 is 0 Å². The fraction of sp³-hybridized carbons (Fsp3) is 0.278. The summed E-state index contributed by atoms with van der Waals surface area (Å²) >= 11 is 0. The van der Waals surface area contributed by atoms with Crippen molar-refractivity contribution in [2.24, 2.45) is 5.92 Å². The van der Waals surface area contributed by atoms with Crippen molar-refractivity contribution in [3.63, 3.8) is 0 Å². The van der Waals surface area contributed by atoms with E-state index in [1.54, 1.807) is 12.3 Å². The van der Waals surface area contributed by atoms with E-state index >= 15 is 0 Å². The molecule has 1 aliphatic rings. The maximum Gasteiger partial charge on any atom is 0.116 e. The van der Waals surface area contributed by atoms with Gasteiger partial charge in [-0.05, 0) is 73.6 Å². The Morgan fingerprint density at radius 1 is 1.15 bits per heavy atom. The van der Waals surface area contributed by atoms with Crippen LogP contribution in [-0.2, 0) is 0 Å². The van der Waals surface area contributed by atoms with Crippen molar-refractivity contribution in [2.75, 3.05) is 0 Å². The number of pyridine rings is 1. The summed E-state index contributed by atoms with van der Waals surface area (Å²) < 4.78 is 0. The number of nitrogens with zero attached hydrogens (tertiary/aromatic N) is 2. The lowest BCUT2D eigenvalue weighted by Gasteiger charge is -2.22. The van der Waals surface area contributed by atoms with Crippen LogP contribution in [0.3, 0.4) is 0 Å². The standard InChI is InChI=1S/C36H42N4/c1-7-14-32(31-17-13-20-37-24-31)33-23-35(38-27(33)6)36-26(5)34(39-40-36)19-18-25(4)30(9-3)22-28(8-2)21-29-15-11-10-12-16-29/h7-9,13-14,17-20,22-24,29,38-39H,1-2,5,10-12,15-16,21H2,3-4,6H3/b25-18+,28-22+,30-9+,32-14-,34-19+. The third kappa shape index (κ3) is 6.87. The average Bonchev–Trinajstić information content (AvgIpc) is 3.54. The molecule has 0 unspecified atom stereocenters. The minimum Gasteiger partial charge on any atom is -0.357 e. The summed E-state index contributed by atoms with van der Waals surface area (Å²) in [5.41, 5.74) is 9.69. The van der Waals surface area contributed by atoms with E-state index in [-0.39, 0.29) is 0 Å². The van der Waals surface area contributed by atoms with E-state index in [2.05, 4.69) is 97.1 Å². The molecule has 4 nitrogen and oxygen atoms in total. The lowest BCUT2D eigenvalue weighted by atomic mass is 9.84. The van der Waals surface area contributed by atoms with Gasteiger partial charge >= 0.3 is 0 Å². The number of hydrogen-bond acceptors (Lipinski definition) is 2. The van der Waals surface area contributed by atoms with Gasteiger partial charge in [0.05, 0.1) is 11.0 Å². The molecular weight excluding hydrogens is 488 g/mol. The molecule has 0 aromatic carbocycles. The predicted octanol–water partition coefficient (Wildman–Crippen LogP) is 7.89. The Balaban J connectivity index is 1.59. The quantitative estimate of drug-likeness (QED) is 0.262. The van der Waals surface area contributed by atoms with Gasteiger partial charge in [-0.3, -0.25) is 10.1 Å². The molecular formula is C36H42N4. The molecule has 206 valence electrons. The fourth-order valence-corrected chi connectivity index (χ4v) is 5.54. The molecule has 0 amide bonds. The molecule has 4 heteroatoms. The third-order valence-corrected chi connectivity index (χ3v) is 7.83. The molecule has 4 rings (SSSR count). The summed E-state index contributed by atoms with van der Waals surface area (Å²) in [6.07, 6.45) is 26.1. The number of allylic oxidation sites excluding steroid dienone is 9. The van der Waals surface area contributed by atoms with E-state index in [1.807, 2.05) is 24.4 Å². The summed E-state index contributed by atoms with van der Waals surface area (Å²) in [4.78, 5) is 7.79. The Morgan fingerprint density at radius 2 is 1.95 bits per heavy atom. The molecule has 40 heavy (non-hydrogen) atoms. The number of aryl methyl sites for hydroxylation is 1. The van der Waals surface area contributed by atoms with Crippen LogP contribution in [0.1, 0.15) is 69.2 Å². The molecule has 0 radical (unpaired) electrons. The van der Waals surface area contributed by atoms with Crippen LogP contribution in [0.25, 0.3) is 29.6 Å².